The molecule has 0 saturated carbocycles. The first-order valence-corrected chi connectivity index (χ1v) is 4.97. The van der Waals surface area contributed by atoms with Crippen LogP contribution in [0.3, 0.4) is 0 Å². The lowest BCUT2D eigenvalue weighted by atomic mass is 10.3. The maximum Gasteiger partial charge on any atom is 0.203 e. The van der Waals surface area contributed by atoms with Crippen molar-refractivity contribution in [3.63, 3.8) is 0 Å². The molecule has 0 aliphatic rings. The monoisotopic (exact) mass is 189 g/mol. The van der Waals surface area contributed by atoms with Crippen LogP contribution in [0.2, 0.25) is 0 Å². The van der Waals surface area contributed by atoms with E-state index in [1.54, 1.807) is 0 Å². The molecular weight excluding hydrogens is 174 g/mol. The van der Waals surface area contributed by atoms with Crippen LogP contribution in [0.15, 0.2) is 24.3 Å². The molecule has 0 spiro atoms. The van der Waals surface area contributed by atoms with Crippen molar-refractivity contribution in [2.45, 2.75) is 13.3 Å². The van der Waals surface area contributed by atoms with E-state index in [4.69, 9.17) is 0 Å². The summed E-state index contributed by atoms with van der Waals surface area (Å²) in [6, 6.07) is 8.09. The van der Waals surface area contributed by atoms with Crippen LogP contribution in [-0.2, 0) is 0 Å². The lowest BCUT2D eigenvalue weighted by Crippen LogP contribution is -2.18. The summed E-state index contributed by atoms with van der Waals surface area (Å²) in [5.74, 6) is 0.952. The smallest absolute Gasteiger partial charge is 0.203 e. The molecule has 0 saturated heterocycles. The van der Waals surface area contributed by atoms with Gasteiger partial charge in [-0.3, -0.25) is 0 Å². The molecule has 0 fully saturated rings. The molecule has 0 bridgehead atoms. The van der Waals surface area contributed by atoms with Gasteiger partial charge in [0.05, 0.1) is 11.0 Å². The van der Waals surface area contributed by atoms with E-state index in [1.807, 2.05) is 24.3 Å². The number of benzene rings is 1. The van der Waals surface area contributed by atoms with E-state index in [0.717, 1.165) is 29.9 Å². The summed E-state index contributed by atoms with van der Waals surface area (Å²) >= 11 is 0. The Labute approximate surface area is 83.8 Å². The Balaban J connectivity index is 2.35. The number of aromatic amines is 1. The lowest BCUT2D eigenvalue weighted by molar-refractivity contribution is 0.829. The molecule has 0 amide bonds. The number of H-pyrrole nitrogens is 1. The number of nitrogens with one attached hydrogen (secondary N) is 1. The number of nitrogens with zero attached hydrogens (tertiary/aromatic N) is 2. The second-order valence-corrected chi connectivity index (χ2v) is 3.50. The van der Waals surface area contributed by atoms with Crippen molar-refractivity contribution in [1.82, 2.24) is 9.97 Å². The van der Waals surface area contributed by atoms with Crippen LogP contribution < -0.4 is 4.90 Å². The van der Waals surface area contributed by atoms with Gasteiger partial charge in [0.2, 0.25) is 5.95 Å². The zero-order valence-electron chi connectivity index (χ0n) is 8.62. The first kappa shape index (κ1) is 9.06. The molecule has 14 heavy (non-hydrogen) atoms. The fourth-order valence-corrected chi connectivity index (χ4v) is 1.56. The van der Waals surface area contributed by atoms with Crippen molar-refractivity contribution in [2.75, 3.05) is 18.5 Å². The van der Waals surface area contributed by atoms with Crippen molar-refractivity contribution in [3.05, 3.63) is 24.3 Å². The molecule has 2 rings (SSSR count). The minimum atomic E-state index is 0.952. The summed E-state index contributed by atoms with van der Waals surface area (Å²) in [4.78, 5) is 9.94. The lowest BCUT2D eigenvalue weighted by Gasteiger charge is -2.13. The molecular formula is C11H15N3. The standard InChI is InChI=1S/C11H15N3/c1-3-8-14(2)11-12-9-6-4-5-7-10(9)13-11/h4-7H,3,8H2,1-2H3,(H,12,13). The predicted molar refractivity (Wildman–Crippen MR) is 59.7 cm³/mol. The van der Waals surface area contributed by atoms with Gasteiger partial charge >= 0.3 is 0 Å². The van der Waals surface area contributed by atoms with E-state index in [0.29, 0.717) is 0 Å². The molecule has 3 heteroatoms. The van der Waals surface area contributed by atoms with Crippen molar-refractivity contribution in [3.8, 4) is 0 Å². The van der Waals surface area contributed by atoms with Gasteiger partial charge in [-0.1, -0.05) is 19.1 Å². The van der Waals surface area contributed by atoms with E-state index < -0.39 is 0 Å². The summed E-state index contributed by atoms with van der Waals surface area (Å²) < 4.78 is 0. The molecule has 1 aromatic heterocycles. The number of rotatable bonds is 3. The molecule has 74 valence electrons. The highest BCUT2D eigenvalue weighted by atomic mass is 15.2. The van der Waals surface area contributed by atoms with Gasteiger partial charge in [-0.05, 0) is 18.6 Å². The third-order valence-electron chi connectivity index (χ3n) is 2.30. The van der Waals surface area contributed by atoms with Gasteiger partial charge in [0.15, 0.2) is 0 Å². The van der Waals surface area contributed by atoms with Crippen molar-refractivity contribution in [1.29, 1.82) is 0 Å². The first-order chi connectivity index (χ1) is 6.81. The van der Waals surface area contributed by atoms with Gasteiger partial charge in [-0.2, -0.15) is 0 Å². The van der Waals surface area contributed by atoms with Crippen LogP contribution in [0.4, 0.5) is 5.95 Å². The summed E-state index contributed by atoms with van der Waals surface area (Å²) in [7, 11) is 2.06. The number of aromatic nitrogens is 2. The Morgan fingerprint density at radius 3 is 2.86 bits per heavy atom. The van der Waals surface area contributed by atoms with E-state index in [2.05, 4.69) is 28.8 Å². The molecule has 0 unspecified atom stereocenters. The zero-order valence-corrected chi connectivity index (χ0v) is 8.62. The Kier molecular flexibility index (Phi) is 2.39. The molecule has 0 aliphatic heterocycles. The highest BCUT2D eigenvalue weighted by Crippen LogP contribution is 2.15. The van der Waals surface area contributed by atoms with Gasteiger partial charge < -0.3 is 9.88 Å². The van der Waals surface area contributed by atoms with Crippen LogP contribution in [0.5, 0.6) is 0 Å². The molecule has 0 atom stereocenters. The molecule has 1 aromatic carbocycles. The topological polar surface area (TPSA) is 31.9 Å². The van der Waals surface area contributed by atoms with E-state index in [-0.39, 0.29) is 0 Å². The quantitative estimate of drug-likeness (QED) is 0.804. The molecule has 0 aliphatic carbocycles. The van der Waals surface area contributed by atoms with Crippen molar-refractivity contribution < 1.29 is 0 Å². The van der Waals surface area contributed by atoms with Crippen LogP contribution in [-0.4, -0.2) is 23.6 Å². The Hall–Kier alpha value is -1.51. The van der Waals surface area contributed by atoms with Gasteiger partial charge in [-0.15, -0.1) is 0 Å². The number of imidazole rings is 1. The Morgan fingerprint density at radius 2 is 2.14 bits per heavy atom. The number of hydrogen-bond donors (Lipinski definition) is 1. The number of para-hydroxylation sites is 2. The van der Waals surface area contributed by atoms with Crippen LogP contribution in [0.1, 0.15) is 13.3 Å². The summed E-state index contributed by atoms with van der Waals surface area (Å²) in [5, 5.41) is 0. The number of anilines is 1. The largest absolute Gasteiger partial charge is 0.345 e. The fraction of sp³-hybridized carbons (Fsp3) is 0.364. The summed E-state index contributed by atoms with van der Waals surface area (Å²) in [6.07, 6.45) is 1.13. The molecule has 0 radical (unpaired) electrons. The fourth-order valence-electron chi connectivity index (χ4n) is 1.56. The summed E-state index contributed by atoms with van der Waals surface area (Å²) in [5.41, 5.74) is 2.14. The molecule has 3 nitrogen and oxygen atoms in total. The van der Waals surface area contributed by atoms with E-state index in [1.165, 1.54) is 0 Å². The third kappa shape index (κ3) is 1.58. The average molecular weight is 189 g/mol. The second-order valence-electron chi connectivity index (χ2n) is 3.50. The number of hydrogen-bond acceptors (Lipinski definition) is 2. The number of fused-ring (bicyclic) bond motifs is 1. The zero-order chi connectivity index (χ0) is 9.97. The Bertz CT molecular complexity index is 386. The Morgan fingerprint density at radius 1 is 1.36 bits per heavy atom. The van der Waals surface area contributed by atoms with Gasteiger partial charge in [0.25, 0.3) is 0 Å². The average Bonchev–Trinajstić information content (AvgIpc) is 2.61. The minimum absolute atomic E-state index is 0.952. The first-order valence-electron chi connectivity index (χ1n) is 4.97. The molecule has 2 aromatic rings. The van der Waals surface area contributed by atoms with Crippen LogP contribution >= 0.6 is 0 Å². The van der Waals surface area contributed by atoms with Crippen LogP contribution in [0.25, 0.3) is 11.0 Å². The summed E-state index contributed by atoms with van der Waals surface area (Å²) in [6.45, 7) is 3.19. The van der Waals surface area contributed by atoms with E-state index >= 15 is 0 Å². The maximum atomic E-state index is 4.50. The maximum absolute atomic E-state index is 4.50. The SMILES string of the molecule is CCCN(C)c1nc2ccccc2[nH]1. The van der Waals surface area contributed by atoms with Crippen LogP contribution in [0, 0.1) is 0 Å². The van der Waals surface area contributed by atoms with Crippen molar-refractivity contribution >= 4 is 17.0 Å². The van der Waals surface area contributed by atoms with E-state index in [9.17, 15) is 0 Å². The third-order valence-corrected chi connectivity index (χ3v) is 2.30. The molecule has 1 N–H and O–H groups in total. The van der Waals surface area contributed by atoms with Crippen molar-refractivity contribution in [2.24, 2.45) is 0 Å². The second kappa shape index (κ2) is 3.70. The van der Waals surface area contributed by atoms with Gasteiger partial charge in [-0.25, -0.2) is 4.98 Å². The van der Waals surface area contributed by atoms with Gasteiger partial charge in [0, 0.05) is 13.6 Å². The normalized spacial score (nSPS) is 10.7. The predicted octanol–water partition coefficient (Wildman–Crippen LogP) is 2.41. The highest BCUT2D eigenvalue weighted by Gasteiger charge is 2.04. The minimum Gasteiger partial charge on any atom is -0.345 e. The highest BCUT2D eigenvalue weighted by molar-refractivity contribution is 5.77. The van der Waals surface area contributed by atoms with Gasteiger partial charge in [0.1, 0.15) is 0 Å². The molecule has 1 heterocycles.